The number of ether oxygens (including phenoxy) is 2. The molecule has 2 fully saturated rings. The number of rotatable bonds is 6. The second-order valence-corrected chi connectivity index (χ2v) is 10.1. The van der Waals surface area contributed by atoms with Crippen LogP contribution in [0.3, 0.4) is 0 Å². The highest BCUT2D eigenvalue weighted by molar-refractivity contribution is 7.89. The van der Waals surface area contributed by atoms with Crippen LogP contribution in [0, 0.1) is 18.8 Å². The third-order valence-corrected chi connectivity index (χ3v) is 7.98. The molecular weight excluding hydrogens is 420 g/mol. The van der Waals surface area contributed by atoms with Gasteiger partial charge in [0.2, 0.25) is 15.9 Å². The van der Waals surface area contributed by atoms with Crippen molar-refractivity contribution in [1.29, 1.82) is 0 Å². The van der Waals surface area contributed by atoms with Gasteiger partial charge in [-0.2, -0.15) is 4.31 Å². The summed E-state index contributed by atoms with van der Waals surface area (Å²) in [4.78, 5) is 26.9. The SMILES string of the molecule is CCOC(=O)C1CCN(C(=O)[C@H]2CCCN(S(=O)(=O)c3cc(C)ccc3OC)C2)CC1. The van der Waals surface area contributed by atoms with Gasteiger partial charge >= 0.3 is 5.97 Å². The summed E-state index contributed by atoms with van der Waals surface area (Å²) < 4.78 is 38.4. The van der Waals surface area contributed by atoms with E-state index in [9.17, 15) is 18.0 Å². The Morgan fingerprint density at radius 3 is 2.45 bits per heavy atom. The fourth-order valence-electron chi connectivity index (χ4n) is 4.34. The minimum atomic E-state index is -3.77. The van der Waals surface area contributed by atoms with Gasteiger partial charge in [-0.3, -0.25) is 9.59 Å². The van der Waals surface area contributed by atoms with Gasteiger partial charge in [0, 0.05) is 26.2 Å². The summed E-state index contributed by atoms with van der Waals surface area (Å²) in [6, 6.07) is 5.07. The van der Waals surface area contributed by atoms with Crippen LogP contribution in [0.5, 0.6) is 5.75 Å². The van der Waals surface area contributed by atoms with Crippen LogP contribution in [0.2, 0.25) is 0 Å². The van der Waals surface area contributed by atoms with Crippen molar-refractivity contribution in [3.8, 4) is 5.75 Å². The highest BCUT2D eigenvalue weighted by Crippen LogP contribution is 2.31. The maximum absolute atomic E-state index is 13.3. The average Bonchev–Trinajstić information content (AvgIpc) is 2.79. The summed E-state index contributed by atoms with van der Waals surface area (Å²) in [5, 5.41) is 0. The van der Waals surface area contributed by atoms with Crippen LogP contribution < -0.4 is 4.74 Å². The molecular formula is C22H32N2O6S. The average molecular weight is 453 g/mol. The Hall–Kier alpha value is -2.13. The Morgan fingerprint density at radius 1 is 1.10 bits per heavy atom. The summed E-state index contributed by atoms with van der Waals surface area (Å²) in [6.45, 7) is 5.52. The summed E-state index contributed by atoms with van der Waals surface area (Å²) in [6.07, 6.45) is 2.45. The molecule has 3 rings (SSSR count). The van der Waals surface area contributed by atoms with Crippen LogP contribution in [-0.2, 0) is 24.3 Å². The molecule has 0 radical (unpaired) electrons. The lowest BCUT2D eigenvalue weighted by atomic mass is 9.93. The van der Waals surface area contributed by atoms with Crippen LogP contribution in [0.4, 0.5) is 0 Å². The molecule has 0 spiro atoms. The molecule has 0 bridgehead atoms. The number of piperidine rings is 2. The molecule has 172 valence electrons. The minimum absolute atomic E-state index is 0.0292. The number of aryl methyl sites for hydroxylation is 1. The van der Waals surface area contributed by atoms with Gasteiger partial charge in [-0.05, 0) is 57.2 Å². The number of hydrogen-bond acceptors (Lipinski definition) is 6. The van der Waals surface area contributed by atoms with Crippen molar-refractivity contribution in [3.05, 3.63) is 23.8 Å². The largest absolute Gasteiger partial charge is 0.495 e. The molecule has 2 heterocycles. The lowest BCUT2D eigenvalue weighted by molar-refractivity contribution is -0.152. The molecule has 0 N–H and O–H groups in total. The minimum Gasteiger partial charge on any atom is -0.495 e. The van der Waals surface area contributed by atoms with E-state index in [1.165, 1.54) is 11.4 Å². The van der Waals surface area contributed by atoms with Gasteiger partial charge in [0.25, 0.3) is 0 Å². The Balaban J connectivity index is 1.67. The maximum atomic E-state index is 13.3. The predicted molar refractivity (Wildman–Crippen MR) is 115 cm³/mol. The molecule has 0 aliphatic carbocycles. The van der Waals surface area contributed by atoms with Gasteiger partial charge in [0.15, 0.2) is 0 Å². The van der Waals surface area contributed by atoms with Crippen molar-refractivity contribution >= 4 is 21.9 Å². The summed E-state index contributed by atoms with van der Waals surface area (Å²) in [7, 11) is -2.32. The molecule has 8 nitrogen and oxygen atoms in total. The molecule has 1 aromatic rings. The summed E-state index contributed by atoms with van der Waals surface area (Å²) in [5.74, 6) is -0.463. The summed E-state index contributed by atoms with van der Waals surface area (Å²) >= 11 is 0. The van der Waals surface area contributed by atoms with Crippen LogP contribution >= 0.6 is 0 Å². The molecule has 0 saturated carbocycles. The first-order valence-corrected chi connectivity index (χ1v) is 12.3. The maximum Gasteiger partial charge on any atom is 0.309 e. The smallest absolute Gasteiger partial charge is 0.309 e. The van der Waals surface area contributed by atoms with Gasteiger partial charge in [-0.15, -0.1) is 0 Å². The van der Waals surface area contributed by atoms with Gasteiger partial charge in [-0.25, -0.2) is 8.42 Å². The first kappa shape index (κ1) is 23.5. The first-order valence-electron chi connectivity index (χ1n) is 10.9. The third kappa shape index (κ3) is 5.20. The van der Waals surface area contributed by atoms with Crippen molar-refractivity contribution in [1.82, 2.24) is 9.21 Å². The third-order valence-electron chi connectivity index (χ3n) is 6.10. The van der Waals surface area contributed by atoms with E-state index in [4.69, 9.17) is 9.47 Å². The number of benzene rings is 1. The van der Waals surface area contributed by atoms with Gasteiger partial charge in [0.05, 0.1) is 25.6 Å². The number of sulfonamides is 1. The van der Waals surface area contributed by atoms with E-state index < -0.39 is 10.0 Å². The van der Waals surface area contributed by atoms with Gasteiger partial charge in [0.1, 0.15) is 10.6 Å². The topological polar surface area (TPSA) is 93.2 Å². The number of esters is 1. The van der Waals surface area contributed by atoms with Crippen LogP contribution in [0.15, 0.2) is 23.1 Å². The van der Waals surface area contributed by atoms with E-state index in [0.717, 1.165) is 5.56 Å². The number of carbonyl (C=O) groups excluding carboxylic acids is 2. The molecule has 0 unspecified atom stereocenters. The van der Waals surface area contributed by atoms with E-state index in [1.54, 1.807) is 30.0 Å². The highest BCUT2D eigenvalue weighted by Gasteiger charge is 2.37. The van der Waals surface area contributed by atoms with E-state index >= 15 is 0 Å². The van der Waals surface area contributed by atoms with E-state index in [-0.39, 0.29) is 35.2 Å². The number of likely N-dealkylation sites (tertiary alicyclic amines) is 1. The van der Waals surface area contributed by atoms with Crippen molar-refractivity contribution in [2.24, 2.45) is 11.8 Å². The van der Waals surface area contributed by atoms with E-state index in [2.05, 4.69) is 0 Å². The molecule has 2 aliphatic heterocycles. The lowest BCUT2D eigenvalue weighted by Crippen LogP contribution is -2.49. The zero-order valence-electron chi connectivity index (χ0n) is 18.5. The van der Waals surface area contributed by atoms with Crippen LogP contribution in [0.1, 0.15) is 38.2 Å². The fourth-order valence-corrected chi connectivity index (χ4v) is 6.11. The molecule has 1 atom stereocenters. The van der Waals surface area contributed by atoms with Crippen molar-refractivity contribution in [2.75, 3.05) is 39.9 Å². The molecule has 1 amide bonds. The normalized spacial score (nSPS) is 21.0. The standard InChI is InChI=1S/C22H32N2O6S/c1-4-30-22(26)17-9-12-23(13-10-17)21(25)18-6-5-11-24(15-18)31(27,28)20-14-16(2)7-8-19(20)29-3/h7-8,14,17-18H,4-6,9-13,15H2,1-3H3/t18-/m0/s1. The van der Waals surface area contributed by atoms with Crippen molar-refractivity contribution < 1.29 is 27.5 Å². The lowest BCUT2D eigenvalue weighted by Gasteiger charge is -2.37. The summed E-state index contributed by atoms with van der Waals surface area (Å²) in [5.41, 5.74) is 0.827. The number of methoxy groups -OCH3 is 1. The highest BCUT2D eigenvalue weighted by atomic mass is 32.2. The molecule has 9 heteroatoms. The Kier molecular flexibility index (Phi) is 7.59. The number of nitrogens with zero attached hydrogens (tertiary/aromatic N) is 2. The molecule has 2 aliphatic rings. The quantitative estimate of drug-likeness (QED) is 0.615. The molecule has 0 aromatic heterocycles. The number of hydrogen-bond donors (Lipinski definition) is 0. The Bertz CT molecular complexity index is 909. The predicted octanol–water partition coefficient (Wildman–Crippen LogP) is 2.21. The fraction of sp³-hybridized carbons (Fsp3) is 0.636. The van der Waals surface area contributed by atoms with E-state index in [1.807, 2.05) is 6.92 Å². The zero-order chi connectivity index (χ0) is 22.6. The molecule has 31 heavy (non-hydrogen) atoms. The second-order valence-electron chi connectivity index (χ2n) is 8.21. The van der Waals surface area contributed by atoms with Crippen LogP contribution in [-0.4, -0.2) is 69.4 Å². The van der Waals surface area contributed by atoms with Gasteiger partial charge < -0.3 is 14.4 Å². The molecule has 1 aromatic carbocycles. The van der Waals surface area contributed by atoms with Crippen LogP contribution in [0.25, 0.3) is 0 Å². The molecule has 2 saturated heterocycles. The van der Waals surface area contributed by atoms with E-state index in [0.29, 0.717) is 57.7 Å². The second kappa shape index (κ2) is 9.99. The first-order chi connectivity index (χ1) is 14.8. The van der Waals surface area contributed by atoms with Crippen molar-refractivity contribution in [3.63, 3.8) is 0 Å². The number of amides is 1. The monoisotopic (exact) mass is 452 g/mol. The number of carbonyl (C=O) groups is 2. The zero-order valence-corrected chi connectivity index (χ0v) is 19.3. The Labute approximate surface area is 184 Å². The van der Waals surface area contributed by atoms with Gasteiger partial charge in [-0.1, -0.05) is 6.07 Å². The van der Waals surface area contributed by atoms with Crippen molar-refractivity contribution in [2.45, 2.75) is 44.4 Å². The Morgan fingerprint density at radius 2 is 1.81 bits per heavy atom.